The standard InChI is InChI=1S/C20H32O3/c1-16(2)9-7-5-4-6-8-10-18(21)13-11-17-12-14-19(22)20(15-17)23-3/h12,14-16,22H,4-11,13H2,1-3H3. The molecule has 0 aromatic heterocycles. The van der Waals surface area contributed by atoms with Gasteiger partial charge in [0.05, 0.1) is 7.11 Å². The maximum atomic E-state index is 11.9. The van der Waals surface area contributed by atoms with E-state index in [0.717, 1.165) is 24.3 Å². The van der Waals surface area contributed by atoms with Gasteiger partial charge in [0, 0.05) is 12.8 Å². The van der Waals surface area contributed by atoms with Crippen LogP contribution in [-0.4, -0.2) is 18.0 Å². The number of ketones is 1. The van der Waals surface area contributed by atoms with E-state index in [1.54, 1.807) is 12.1 Å². The zero-order valence-electron chi connectivity index (χ0n) is 14.9. The largest absolute Gasteiger partial charge is 0.504 e. The number of ether oxygens (including phenoxy) is 1. The predicted molar refractivity (Wildman–Crippen MR) is 95.1 cm³/mol. The number of hydrogen-bond donors (Lipinski definition) is 1. The van der Waals surface area contributed by atoms with Crippen molar-refractivity contribution in [3.8, 4) is 11.5 Å². The summed E-state index contributed by atoms with van der Waals surface area (Å²) in [7, 11) is 1.53. The van der Waals surface area contributed by atoms with E-state index in [2.05, 4.69) is 13.8 Å². The predicted octanol–water partition coefficient (Wildman–Crippen LogP) is 5.29. The average Bonchev–Trinajstić information content (AvgIpc) is 2.52. The SMILES string of the molecule is COc1cc(CCC(=O)CCCCCCCC(C)C)ccc1O. The minimum atomic E-state index is 0.139. The number of aryl methyl sites for hydroxylation is 1. The number of unbranched alkanes of at least 4 members (excludes halogenated alkanes) is 4. The third kappa shape index (κ3) is 8.63. The lowest BCUT2D eigenvalue weighted by molar-refractivity contribution is -0.119. The van der Waals surface area contributed by atoms with Crippen molar-refractivity contribution in [2.24, 2.45) is 5.92 Å². The molecule has 1 N–H and O–H groups in total. The van der Waals surface area contributed by atoms with Crippen LogP contribution in [0.1, 0.15) is 70.8 Å². The van der Waals surface area contributed by atoms with Crippen LogP contribution in [-0.2, 0) is 11.2 Å². The van der Waals surface area contributed by atoms with Gasteiger partial charge in [0.1, 0.15) is 5.78 Å². The maximum absolute atomic E-state index is 11.9. The molecular formula is C20H32O3. The molecule has 0 bridgehead atoms. The van der Waals surface area contributed by atoms with Gasteiger partial charge in [0.25, 0.3) is 0 Å². The molecule has 0 saturated carbocycles. The first kappa shape index (κ1) is 19.5. The fraction of sp³-hybridized carbons (Fsp3) is 0.650. The molecule has 1 rings (SSSR count). The van der Waals surface area contributed by atoms with Crippen molar-refractivity contribution in [3.05, 3.63) is 23.8 Å². The Bertz CT molecular complexity index is 466. The molecule has 0 unspecified atom stereocenters. The number of phenols is 1. The normalized spacial score (nSPS) is 11.0. The highest BCUT2D eigenvalue weighted by Crippen LogP contribution is 2.26. The number of phenolic OH excluding ortho intramolecular Hbond substituents is 1. The van der Waals surface area contributed by atoms with E-state index >= 15 is 0 Å². The van der Waals surface area contributed by atoms with E-state index in [1.807, 2.05) is 6.07 Å². The van der Waals surface area contributed by atoms with E-state index in [1.165, 1.54) is 32.8 Å². The van der Waals surface area contributed by atoms with Gasteiger partial charge < -0.3 is 9.84 Å². The van der Waals surface area contributed by atoms with Crippen molar-refractivity contribution >= 4 is 5.78 Å². The molecule has 0 aliphatic rings. The van der Waals surface area contributed by atoms with Crippen molar-refractivity contribution in [3.63, 3.8) is 0 Å². The number of Topliss-reactive ketones (excluding diaryl/α,β-unsaturated/α-hetero) is 1. The van der Waals surface area contributed by atoms with E-state index in [9.17, 15) is 9.90 Å². The van der Waals surface area contributed by atoms with Crippen molar-refractivity contribution in [2.45, 2.75) is 71.6 Å². The molecule has 130 valence electrons. The Morgan fingerprint density at radius 2 is 1.78 bits per heavy atom. The van der Waals surface area contributed by atoms with Gasteiger partial charge in [0.15, 0.2) is 11.5 Å². The summed E-state index contributed by atoms with van der Waals surface area (Å²) in [4.78, 5) is 11.9. The zero-order chi connectivity index (χ0) is 17.1. The summed E-state index contributed by atoms with van der Waals surface area (Å²) in [6.45, 7) is 4.53. The van der Waals surface area contributed by atoms with Crippen LogP contribution in [0.15, 0.2) is 18.2 Å². The van der Waals surface area contributed by atoms with Crippen molar-refractivity contribution in [1.82, 2.24) is 0 Å². The molecule has 0 heterocycles. The third-order valence-corrected chi connectivity index (χ3v) is 4.17. The Hall–Kier alpha value is -1.51. The molecule has 0 aliphatic heterocycles. The second-order valence-electron chi connectivity index (χ2n) is 6.75. The topological polar surface area (TPSA) is 46.5 Å². The van der Waals surface area contributed by atoms with Crippen molar-refractivity contribution in [2.75, 3.05) is 7.11 Å². The minimum absolute atomic E-state index is 0.139. The maximum Gasteiger partial charge on any atom is 0.160 e. The van der Waals surface area contributed by atoms with Gasteiger partial charge in [-0.1, -0.05) is 52.0 Å². The summed E-state index contributed by atoms with van der Waals surface area (Å²) >= 11 is 0. The van der Waals surface area contributed by atoms with Crippen LogP contribution in [0.3, 0.4) is 0 Å². The van der Waals surface area contributed by atoms with Crippen LogP contribution >= 0.6 is 0 Å². The first-order valence-corrected chi connectivity index (χ1v) is 8.90. The molecule has 1 aromatic carbocycles. The van der Waals surface area contributed by atoms with Gasteiger partial charge in [-0.3, -0.25) is 4.79 Å². The van der Waals surface area contributed by atoms with Crippen LogP contribution < -0.4 is 4.74 Å². The van der Waals surface area contributed by atoms with Gasteiger partial charge in [-0.15, -0.1) is 0 Å². The van der Waals surface area contributed by atoms with Gasteiger partial charge in [-0.05, 0) is 36.5 Å². The van der Waals surface area contributed by atoms with Gasteiger partial charge in [0.2, 0.25) is 0 Å². The van der Waals surface area contributed by atoms with Gasteiger partial charge in [-0.2, -0.15) is 0 Å². The summed E-state index contributed by atoms with van der Waals surface area (Å²) in [6, 6.07) is 5.27. The lowest BCUT2D eigenvalue weighted by atomic mass is 10.0. The molecule has 0 spiro atoms. The van der Waals surface area contributed by atoms with Crippen LogP contribution in [0, 0.1) is 5.92 Å². The minimum Gasteiger partial charge on any atom is -0.504 e. The number of aromatic hydroxyl groups is 1. The summed E-state index contributed by atoms with van der Waals surface area (Å²) in [6.07, 6.45) is 9.32. The Labute approximate surface area is 141 Å². The first-order valence-electron chi connectivity index (χ1n) is 8.90. The lowest BCUT2D eigenvalue weighted by Crippen LogP contribution is -2.00. The number of carbonyl (C=O) groups excluding carboxylic acids is 1. The Balaban J connectivity index is 2.13. The number of hydrogen-bond acceptors (Lipinski definition) is 3. The fourth-order valence-electron chi connectivity index (χ4n) is 2.69. The van der Waals surface area contributed by atoms with Crippen LogP contribution in [0.25, 0.3) is 0 Å². The second-order valence-corrected chi connectivity index (χ2v) is 6.75. The Morgan fingerprint density at radius 1 is 1.09 bits per heavy atom. The molecule has 1 aromatic rings. The monoisotopic (exact) mass is 320 g/mol. The fourth-order valence-corrected chi connectivity index (χ4v) is 2.69. The molecule has 0 radical (unpaired) electrons. The summed E-state index contributed by atoms with van der Waals surface area (Å²) in [5, 5.41) is 9.56. The van der Waals surface area contributed by atoms with Crippen LogP contribution in [0.4, 0.5) is 0 Å². The number of carbonyl (C=O) groups is 1. The quantitative estimate of drug-likeness (QED) is 0.532. The highest BCUT2D eigenvalue weighted by molar-refractivity contribution is 5.78. The van der Waals surface area contributed by atoms with Crippen molar-refractivity contribution < 1.29 is 14.6 Å². The first-order chi connectivity index (χ1) is 11.0. The number of rotatable bonds is 12. The molecule has 3 nitrogen and oxygen atoms in total. The van der Waals surface area contributed by atoms with Crippen LogP contribution in [0.5, 0.6) is 11.5 Å². The second kappa shape index (κ2) is 11.1. The molecule has 0 saturated heterocycles. The van der Waals surface area contributed by atoms with E-state index in [-0.39, 0.29) is 5.75 Å². The summed E-state index contributed by atoms with van der Waals surface area (Å²) in [5.41, 5.74) is 1.03. The third-order valence-electron chi connectivity index (χ3n) is 4.17. The number of benzene rings is 1. The molecule has 0 fully saturated rings. The Kier molecular flexibility index (Phi) is 9.42. The molecule has 0 aliphatic carbocycles. The average molecular weight is 320 g/mol. The summed E-state index contributed by atoms with van der Waals surface area (Å²) < 4.78 is 5.08. The smallest absolute Gasteiger partial charge is 0.160 e. The van der Waals surface area contributed by atoms with E-state index in [0.29, 0.717) is 30.8 Å². The highest BCUT2D eigenvalue weighted by Gasteiger charge is 2.06. The summed E-state index contributed by atoms with van der Waals surface area (Å²) in [5.74, 6) is 1.74. The van der Waals surface area contributed by atoms with Gasteiger partial charge >= 0.3 is 0 Å². The molecule has 0 amide bonds. The Morgan fingerprint density at radius 3 is 2.48 bits per heavy atom. The van der Waals surface area contributed by atoms with Crippen LogP contribution in [0.2, 0.25) is 0 Å². The van der Waals surface area contributed by atoms with Gasteiger partial charge in [-0.25, -0.2) is 0 Å². The van der Waals surface area contributed by atoms with E-state index in [4.69, 9.17) is 4.74 Å². The lowest BCUT2D eigenvalue weighted by Gasteiger charge is -2.07. The van der Waals surface area contributed by atoms with E-state index < -0.39 is 0 Å². The highest BCUT2D eigenvalue weighted by atomic mass is 16.5. The van der Waals surface area contributed by atoms with Crippen molar-refractivity contribution in [1.29, 1.82) is 0 Å². The molecule has 0 atom stereocenters. The number of methoxy groups -OCH3 is 1. The zero-order valence-corrected chi connectivity index (χ0v) is 14.9. The molecule has 23 heavy (non-hydrogen) atoms. The molecular weight excluding hydrogens is 288 g/mol. The molecule has 3 heteroatoms.